The number of amides is 2. The first-order valence-electron chi connectivity index (χ1n) is 6.75. The molecule has 0 spiro atoms. The molecule has 1 aromatic carbocycles. The minimum atomic E-state index is -4.86. The molecule has 0 saturated carbocycles. The molecule has 5 nitrogen and oxygen atoms in total. The highest BCUT2D eigenvalue weighted by Gasteiger charge is 2.34. The van der Waals surface area contributed by atoms with E-state index < -0.39 is 29.4 Å². The van der Waals surface area contributed by atoms with E-state index in [0.29, 0.717) is 12.1 Å². The summed E-state index contributed by atoms with van der Waals surface area (Å²) in [6, 6.07) is 5.11. The average molecular weight is 344 g/mol. The summed E-state index contributed by atoms with van der Waals surface area (Å²) in [5.41, 5.74) is -1.66. The molecule has 2 amide bonds. The standard InChI is InChI=1S/C15H12F4N2O3/c16-11-4-3-9(8-10(11)15(17,18)19)21-13(22)5-6-20-14(23)12-2-1-7-24-12/h1-4,7-8H,5-6H2,(H,20,23)(H,21,22). The highest BCUT2D eigenvalue weighted by Crippen LogP contribution is 2.32. The quantitative estimate of drug-likeness (QED) is 0.819. The van der Waals surface area contributed by atoms with E-state index in [0.717, 1.165) is 6.07 Å². The molecule has 2 aromatic rings. The van der Waals surface area contributed by atoms with Crippen molar-refractivity contribution < 1.29 is 31.6 Å². The Morgan fingerprint density at radius 2 is 1.92 bits per heavy atom. The molecule has 0 aliphatic heterocycles. The second kappa shape index (κ2) is 7.16. The van der Waals surface area contributed by atoms with Gasteiger partial charge in [-0.15, -0.1) is 0 Å². The maximum Gasteiger partial charge on any atom is 0.419 e. The number of nitrogens with one attached hydrogen (secondary N) is 2. The van der Waals surface area contributed by atoms with Crippen LogP contribution in [-0.2, 0) is 11.0 Å². The van der Waals surface area contributed by atoms with Gasteiger partial charge in [0.05, 0.1) is 11.8 Å². The molecule has 0 saturated heterocycles. The van der Waals surface area contributed by atoms with Crippen LogP contribution in [0.5, 0.6) is 0 Å². The Hall–Kier alpha value is -2.84. The molecule has 1 aromatic heterocycles. The van der Waals surface area contributed by atoms with Gasteiger partial charge in [-0.25, -0.2) is 4.39 Å². The second-order valence-electron chi connectivity index (χ2n) is 4.72. The van der Waals surface area contributed by atoms with Crippen LogP contribution < -0.4 is 10.6 Å². The van der Waals surface area contributed by atoms with E-state index in [1.807, 2.05) is 0 Å². The number of hydrogen-bond donors (Lipinski definition) is 2. The lowest BCUT2D eigenvalue weighted by Crippen LogP contribution is -2.27. The van der Waals surface area contributed by atoms with Crippen molar-refractivity contribution in [3.05, 3.63) is 53.7 Å². The van der Waals surface area contributed by atoms with E-state index in [9.17, 15) is 27.2 Å². The van der Waals surface area contributed by atoms with Crippen molar-refractivity contribution in [1.82, 2.24) is 5.32 Å². The second-order valence-corrected chi connectivity index (χ2v) is 4.72. The number of carbonyl (C=O) groups is 2. The number of furan rings is 1. The third kappa shape index (κ3) is 4.58. The average Bonchev–Trinajstić information content (AvgIpc) is 3.02. The third-order valence-corrected chi connectivity index (χ3v) is 2.94. The Morgan fingerprint density at radius 1 is 1.17 bits per heavy atom. The molecular formula is C15H12F4N2O3. The van der Waals surface area contributed by atoms with E-state index in [1.54, 1.807) is 0 Å². The zero-order chi connectivity index (χ0) is 17.7. The lowest BCUT2D eigenvalue weighted by atomic mass is 10.1. The van der Waals surface area contributed by atoms with Crippen LogP contribution >= 0.6 is 0 Å². The van der Waals surface area contributed by atoms with Gasteiger partial charge in [0.15, 0.2) is 5.76 Å². The number of rotatable bonds is 5. The van der Waals surface area contributed by atoms with Crippen molar-refractivity contribution in [1.29, 1.82) is 0 Å². The zero-order valence-corrected chi connectivity index (χ0v) is 12.1. The molecule has 0 aliphatic rings. The molecular weight excluding hydrogens is 332 g/mol. The first-order valence-corrected chi connectivity index (χ1v) is 6.75. The van der Waals surface area contributed by atoms with Gasteiger partial charge in [-0.1, -0.05) is 0 Å². The van der Waals surface area contributed by atoms with Crippen LogP contribution in [0.15, 0.2) is 41.0 Å². The van der Waals surface area contributed by atoms with Crippen molar-refractivity contribution in [2.75, 3.05) is 11.9 Å². The summed E-state index contributed by atoms with van der Waals surface area (Å²) in [6.07, 6.45) is -3.72. The van der Waals surface area contributed by atoms with Gasteiger partial charge in [0.1, 0.15) is 5.82 Å². The fourth-order valence-corrected chi connectivity index (χ4v) is 1.83. The van der Waals surface area contributed by atoms with E-state index in [1.165, 1.54) is 18.4 Å². The van der Waals surface area contributed by atoms with Crippen LogP contribution in [0, 0.1) is 5.82 Å². The summed E-state index contributed by atoms with van der Waals surface area (Å²) in [6.45, 7) is -0.0430. The minimum absolute atomic E-state index is 0.0430. The zero-order valence-electron chi connectivity index (χ0n) is 12.1. The van der Waals surface area contributed by atoms with Crippen molar-refractivity contribution in [3.63, 3.8) is 0 Å². The number of benzene rings is 1. The SMILES string of the molecule is O=C(CCNC(=O)c1ccco1)Nc1ccc(F)c(C(F)(F)F)c1. The number of carbonyl (C=O) groups excluding carboxylic acids is 2. The van der Waals surface area contributed by atoms with Gasteiger partial charge < -0.3 is 15.1 Å². The van der Waals surface area contributed by atoms with Gasteiger partial charge in [0, 0.05) is 18.7 Å². The lowest BCUT2D eigenvalue weighted by molar-refractivity contribution is -0.140. The largest absolute Gasteiger partial charge is 0.459 e. The summed E-state index contributed by atoms with van der Waals surface area (Å²) >= 11 is 0. The molecule has 0 fully saturated rings. The Kier molecular flexibility index (Phi) is 5.22. The molecule has 0 aliphatic carbocycles. The molecule has 128 valence electrons. The van der Waals surface area contributed by atoms with E-state index in [4.69, 9.17) is 4.42 Å². The highest BCUT2D eigenvalue weighted by atomic mass is 19.4. The van der Waals surface area contributed by atoms with Crippen LogP contribution in [0.1, 0.15) is 22.5 Å². The van der Waals surface area contributed by atoms with E-state index in [2.05, 4.69) is 10.6 Å². The fourth-order valence-electron chi connectivity index (χ4n) is 1.83. The summed E-state index contributed by atoms with van der Waals surface area (Å²) < 4.78 is 55.7. The number of anilines is 1. The van der Waals surface area contributed by atoms with Crippen LogP contribution in [0.4, 0.5) is 23.2 Å². The summed E-state index contributed by atoms with van der Waals surface area (Å²) in [5, 5.41) is 4.62. The Morgan fingerprint density at radius 3 is 2.54 bits per heavy atom. The number of halogens is 4. The molecule has 0 unspecified atom stereocenters. The third-order valence-electron chi connectivity index (χ3n) is 2.94. The molecule has 0 atom stereocenters. The van der Waals surface area contributed by atoms with Gasteiger partial charge >= 0.3 is 6.18 Å². The lowest BCUT2D eigenvalue weighted by Gasteiger charge is -2.11. The molecule has 2 N–H and O–H groups in total. The van der Waals surface area contributed by atoms with E-state index >= 15 is 0 Å². The smallest absolute Gasteiger partial charge is 0.419 e. The highest BCUT2D eigenvalue weighted by molar-refractivity contribution is 5.93. The van der Waals surface area contributed by atoms with Gasteiger partial charge in [-0.2, -0.15) is 13.2 Å². The Labute approximate surface area is 133 Å². The van der Waals surface area contributed by atoms with Crippen LogP contribution in [0.25, 0.3) is 0 Å². The maximum atomic E-state index is 13.1. The predicted molar refractivity (Wildman–Crippen MR) is 75.7 cm³/mol. The van der Waals surface area contributed by atoms with Gasteiger partial charge in [-0.05, 0) is 30.3 Å². The van der Waals surface area contributed by atoms with Crippen LogP contribution in [0.2, 0.25) is 0 Å². The minimum Gasteiger partial charge on any atom is -0.459 e. The van der Waals surface area contributed by atoms with Crippen molar-refractivity contribution in [2.24, 2.45) is 0 Å². The summed E-state index contributed by atoms with van der Waals surface area (Å²) in [5.74, 6) is -2.50. The maximum absolute atomic E-state index is 13.1. The van der Waals surface area contributed by atoms with Gasteiger partial charge in [0.2, 0.25) is 5.91 Å². The van der Waals surface area contributed by atoms with Gasteiger partial charge in [0.25, 0.3) is 5.91 Å². The van der Waals surface area contributed by atoms with Crippen LogP contribution in [-0.4, -0.2) is 18.4 Å². The topological polar surface area (TPSA) is 71.3 Å². The molecule has 1 heterocycles. The molecule has 24 heavy (non-hydrogen) atoms. The molecule has 0 bridgehead atoms. The van der Waals surface area contributed by atoms with Crippen molar-refractivity contribution in [2.45, 2.75) is 12.6 Å². The normalized spacial score (nSPS) is 11.2. The number of alkyl halides is 3. The molecule has 9 heteroatoms. The van der Waals surface area contributed by atoms with Crippen molar-refractivity contribution >= 4 is 17.5 Å². The Balaban J connectivity index is 1.87. The number of hydrogen-bond acceptors (Lipinski definition) is 3. The molecule has 0 radical (unpaired) electrons. The summed E-state index contributed by atoms with van der Waals surface area (Å²) in [4.78, 5) is 23.2. The first kappa shape index (κ1) is 17.5. The first-order chi connectivity index (χ1) is 11.3. The van der Waals surface area contributed by atoms with Crippen molar-refractivity contribution in [3.8, 4) is 0 Å². The molecule has 2 rings (SSSR count). The van der Waals surface area contributed by atoms with Gasteiger partial charge in [-0.3, -0.25) is 9.59 Å². The van der Waals surface area contributed by atoms with E-state index in [-0.39, 0.29) is 24.4 Å². The Bertz CT molecular complexity index is 727. The van der Waals surface area contributed by atoms with Crippen LogP contribution in [0.3, 0.4) is 0 Å². The monoisotopic (exact) mass is 344 g/mol. The predicted octanol–water partition coefficient (Wildman–Crippen LogP) is 3.20. The fraction of sp³-hybridized carbons (Fsp3) is 0.200. The summed E-state index contributed by atoms with van der Waals surface area (Å²) in [7, 11) is 0.